The van der Waals surface area contributed by atoms with Crippen molar-refractivity contribution < 1.29 is 51.3 Å². The van der Waals surface area contributed by atoms with E-state index in [-0.39, 0.29) is 42.8 Å². The van der Waals surface area contributed by atoms with Gasteiger partial charge in [0.1, 0.15) is 17.5 Å². The van der Waals surface area contributed by atoms with Crippen LogP contribution < -0.4 is 4.74 Å². The average Bonchev–Trinajstić information content (AvgIpc) is 3.51. The molecule has 260 valence electrons. The topological polar surface area (TPSA) is 136 Å². The number of hydrogen-bond donors (Lipinski definition) is 1. The monoisotopic (exact) mass is 677 g/mol. The van der Waals surface area contributed by atoms with Crippen molar-refractivity contribution in [2.24, 2.45) is 17.3 Å². The van der Waals surface area contributed by atoms with Crippen LogP contribution in [0.1, 0.15) is 84.3 Å². The van der Waals surface area contributed by atoms with E-state index in [1.54, 1.807) is 20.8 Å². The van der Waals surface area contributed by atoms with Gasteiger partial charge in [0.15, 0.2) is 5.78 Å². The van der Waals surface area contributed by atoms with Gasteiger partial charge in [-0.15, -0.1) is 0 Å². The minimum atomic E-state index is -5.00. The van der Waals surface area contributed by atoms with Crippen LogP contribution in [0.5, 0.6) is 5.88 Å². The number of alkyl halides is 3. The van der Waals surface area contributed by atoms with E-state index in [1.165, 1.54) is 4.90 Å². The fourth-order valence-corrected chi connectivity index (χ4v) is 6.63. The number of ether oxygens (including phenoxy) is 2. The van der Waals surface area contributed by atoms with Gasteiger partial charge in [-0.25, -0.2) is 14.4 Å². The van der Waals surface area contributed by atoms with Crippen molar-refractivity contribution in [2.45, 2.75) is 102 Å². The molecule has 1 aromatic heterocycles. The van der Waals surface area contributed by atoms with Gasteiger partial charge in [0.2, 0.25) is 17.5 Å². The molecule has 1 aliphatic carbocycles. The van der Waals surface area contributed by atoms with Gasteiger partial charge in [0, 0.05) is 24.8 Å². The molecule has 14 heteroatoms. The van der Waals surface area contributed by atoms with Gasteiger partial charge in [-0.1, -0.05) is 25.0 Å². The summed E-state index contributed by atoms with van der Waals surface area (Å²) in [5, 5.41) is 10.1. The Morgan fingerprint density at radius 1 is 1.08 bits per heavy atom. The molecular formula is C34H39F4N3O7. The van der Waals surface area contributed by atoms with Gasteiger partial charge in [-0.2, -0.15) is 13.2 Å². The smallest absolute Gasteiger partial charge is 0.438 e. The van der Waals surface area contributed by atoms with Crippen LogP contribution in [0.25, 0.3) is 11.0 Å². The van der Waals surface area contributed by atoms with Crippen LogP contribution in [0, 0.1) is 23.1 Å². The standard InChI is InChI=1S/C34H39F4N3O7/c1-32(2,3)48-27(43)13-19-9-7-5-4-6-8-10-20-16-33(20,31(45)46)17-26(42)25-15-22(18-41(25)30(19)44)47-29-28(34(36,37)38)39-23-12-11-21(35)14-24(23)40-29/h8,10-12,14,19-20,22,25H,4-7,9,13,15-18H2,1-3H3,(H,45,46)/b10-8-/t19-,20-,22-,25+,33-/m1/s1. The predicted octanol–water partition coefficient (Wildman–Crippen LogP) is 6.05. The van der Waals surface area contributed by atoms with Crippen LogP contribution in [0.4, 0.5) is 17.6 Å². The maximum absolute atomic E-state index is 14.2. The number of carbonyl (C=O) groups is 4. The first kappa shape index (κ1) is 35.2. The molecule has 1 N–H and O–H groups in total. The zero-order chi connectivity index (χ0) is 35.0. The molecule has 10 nitrogen and oxygen atoms in total. The van der Waals surface area contributed by atoms with Crippen molar-refractivity contribution in [1.29, 1.82) is 0 Å². The van der Waals surface area contributed by atoms with E-state index in [4.69, 9.17) is 9.47 Å². The Labute approximate surface area is 274 Å². The Balaban J connectivity index is 1.49. The number of fused-ring (bicyclic) bond motifs is 3. The number of carboxylic acids is 1. The lowest BCUT2D eigenvalue weighted by molar-refractivity contribution is -0.159. The molecular weight excluding hydrogens is 638 g/mol. The molecule has 5 atom stereocenters. The van der Waals surface area contributed by atoms with Crippen molar-refractivity contribution >= 4 is 34.7 Å². The number of aliphatic carboxylic acids is 1. The molecule has 1 aromatic carbocycles. The molecule has 0 bridgehead atoms. The number of benzene rings is 1. The van der Waals surface area contributed by atoms with Gasteiger partial charge >= 0.3 is 18.1 Å². The molecule has 1 saturated carbocycles. The Hall–Kier alpha value is -4.10. The largest absolute Gasteiger partial charge is 0.481 e. The van der Waals surface area contributed by atoms with E-state index < -0.39 is 82.7 Å². The molecule has 48 heavy (non-hydrogen) atoms. The molecule has 1 amide bonds. The first-order chi connectivity index (χ1) is 22.5. The van der Waals surface area contributed by atoms with Gasteiger partial charge in [0.05, 0.1) is 35.5 Å². The van der Waals surface area contributed by atoms with Crippen LogP contribution in [-0.4, -0.2) is 67.9 Å². The quantitative estimate of drug-likeness (QED) is 0.228. The molecule has 3 heterocycles. The lowest BCUT2D eigenvalue weighted by Gasteiger charge is -2.29. The average molecular weight is 678 g/mol. The minimum Gasteiger partial charge on any atom is -0.481 e. The fraction of sp³-hybridized carbons (Fsp3) is 0.588. The van der Waals surface area contributed by atoms with Crippen LogP contribution in [0.15, 0.2) is 30.4 Å². The Bertz CT molecular complexity index is 1620. The number of carbonyl (C=O) groups excluding carboxylic acids is 3. The summed E-state index contributed by atoms with van der Waals surface area (Å²) >= 11 is 0. The molecule has 2 aliphatic heterocycles. The first-order valence-electron chi connectivity index (χ1n) is 16.1. The summed E-state index contributed by atoms with van der Waals surface area (Å²) in [6.45, 7) is 4.74. The molecule has 3 aliphatic rings. The predicted molar refractivity (Wildman–Crippen MR) is 163 cm³/mol. The maximum atomic E-state index is 14.2. The van der Waals surface area contributed by atoms with Crippen molar-refractivity contribution in [3.05, 3.63) is 41.9 Å². The highest BCUT2D eigenvalue weighted by atomic mass is 19.4. The number of Topliss-reactive ketones (excluding diaryl/α,β-unsaturated/α-hetero) is 1. The number of nitrogens with zero attached hydrogens (tertiary/aromatic N) is 3. The highest BCUT2D eigenvalue weighted by Crippen LogP contribution is 2.57. The SMILES string of the molecule is CC(C)(C)OC(=O)C[C@H]1CCCCC/C=C\[C@@H]2C[C@@]2(C(=O)O)CC(=O)[C@@H]2C[C@@H](Oc3nc4cc(F)ccc4nc3C(F)(F)F)CN2C1=O. The molecule has 2 fully saturated rings. The summed E-state index contributed by atoms with van der Waals surface area (Å²) in [6.07, 6.45) is -0.0546. The van der Waals surface area contributed by atoms with Gasteiger partial charge in [0.25, 0.3) is 0 Å². The zero-order valence-corrected chi connectivity index (χ0v) is 27.0. The third-order valence-corrected chi connectivity index (χ3v) is 9.08. The molecule has 1 saturated heterocycles. The van der Waals surface area contributed by atoms with E-state index in [1.807, 2.05) is 12.2 Å². The zero-order valence-electron chi connectivity index (χ0n) is 27.0. The highest BCUT2D eigenvalue weighted by Gasteiger charge is 2.61. The number of halogens is 4. The number of carboxylic acid groups (broad SMARTS) is 1. The summed E-state index contributed by atoms with van der Waals surface area (Å²) in [6, 6.07) is 1.70. The van der Waals surface area contributed by atoms with Crippen molar-refractivity contribution in [1.82, 2.24) is 14.9 Å². The Morgan fingerprint density at radius 2 is 1.83 bits per heavy atom. The van der Waals surface area contributed by atoms with Crippen LogP contribution >= 0.6 is 0 Å². The lowest BCUT2D eigenvalue weighted by Crippen LogP contribution is -2.45. The van der Waals surface area contributed by atoms with Crippen LogP contribution in [0.3, 0.4) is 0 Å². The third kappa shape index (κ3) is 7.95. The van der Waals surface area contributed by atoms with E-state index in [0.29, 0.717) is 19.3 Å². The van der Waals surface area contributed by atoms with E-state index in [0.717, 1.165) is 31.0 Å². The second-order valence-corrected chi connectivity index (χ2v) is 14.0. The lowest BCUT2D eigenvalue weighted by atomic mass is 9.91. The number of rotatable bonds is 5. The highest BCUT2D eigenvalue weighted by molar-refractivity contribution is 5.95. The summed E-state index contributed by atoms with van der Waals surface area (Å²) in [4.78, 5) is 62.1. The number of aromatic nitrogens is 2. The molecule has 5 rings (SSSR count). The van der Waals surface area contributed by atoms with E-state index in [9.17, 15) is 41.8 Å². The van der Waals surface area contributed by atoms with Crippen LogP contribution in [-0.2, 0) is 30.1 Å². The van der Waals surface area contributed by atoms with Crippen LogP contribution in [0.2, 0.25) is 0 Å². The van der Waals surface area contributed by atoms with Gasteiger partial charge < -0.3 is 19.5 Å². The molecule has 2 aromatic rings. The fourth-order valence-electron chi connectivity index (χ4n) is 6.63. The third-order valence-electron chi connectivity index (χ3n) is 9.08. The minimum absolute atomic E-state index is 0.188. The summed E-state index contributed by atoms with van der Waals surface area (Å²) < 4.78 is 67.4. The summed E-state index contributed by atoms with van der Waals surface area (Å²) in [5.74, 6) is -5.85. The normalized spacial score (nSPS) is 27.8. The number of esters is 1. The van der Waals surface area contributed by atoms with Gasteiger partial charge in [-0.3, -0.25) is 19.2 Å². The van der Waals surface area contributed by atoms with E-state index >= 15 is 0 Å². The number of allylic oxidation sites excluding steroid dienone is 2. The Kier molecular flexibility index (Phi) is 9.85. The molecule has 0 unspecified atom stereocenters. The Morgan fingerprint density at radius 3 is 2.52 bits per heavy atom. The second-order valence-electron chi connectivity index (χ2n) is 14.0. The molecule has 0 spiro atoms. The van der Waals surface area contributed by atoms with Gasteiger partial charge in [-0.05, 0) is 64.5 Å². The number of hydrogen-bond acceptors (Lipinski definition) is 8. The van der Waals surface area contributed by atoms with Crippen molar-refractivity contribution in [2.75, 3.05) is 6.54 Å². The maximum Gasteiger partial charge on any atom is 0.438 e. The second kappa shape index (κ2) is 13.4. The van der Waals surface area contributed by atoms with Crippen molar-refractivity contribution in [3.8, 4) is 5.88 Å². The summed E-state index contributed by atoms with van der Waals surface area (Å²) in [7, 11) is 0. The molecule has 0 radical (unpaired) electrons. The first-order valence-corrected chi connectivity index (χ1v) is 16.1. The van der Waals surface area contributed by atoms with Crippen molar-refractivity contribution in [3.63, 3.8) is 0 Å². The summed E-state index contributed by atoms with van der Waals surface area (Å²) in [5.41, 5.74) is -4.02. The number of amides is 1. The van der Waals surface area contributed by atoms with E-state index in [2.05, 4.69) is 9.97 Å². The number of ketones is 1.